The second-order valence-corrected chi connectivity index (χ2v) is 10.2. The monoisotopic (exact) mass is 432 g/mol. The van der Waals surface area contributed by atoms with Crippen LogP contribution in [0.3, 0.4) is 0 Å². The quantitative estimate of drug-likeness (QED) is 0.662. The molecule has 2 unspecified atom stereocenters. The molecule has 174 valence electrons. The first kappa shape index (κ1) is 25.1. The number of likely N-dealkylation sites (tertiary alicyclic amines) is 1. The van der Waals surface area contributed by atoms with E-state index in [1.807, 2.05) is 40.1 Å². The lowest BCUT2D eigenvalue weighted by atomic mass is 9.87. The molecule has 0 aliphatic carbocycles. The summed E-state index contributed by atoms with van der Waals surface area (Å²) in [6.07, 6.45) is 3.70. The molecule has 2 saturated heterocycles. The van der Waals surface area contributed by atoms with Crippen LogP contribution in [0, 0.1) is 5.92 Å². The van der Waals surface area contributed by atoms with Gasteiger partial charge in [0.25, 0.3) is 0 Å². The van der Waals surface area contributed by atoms with Gasteiger partial charge < -0.3 is 21.1 Å². The molecule has 7 nitrogen and oxygen atoms in total. The van der Waals surface area contributed by atoms with E-state index in [1.54, 1.807) is 0 Å². The fourth-order valence-corrected chi connectivity index (χ4v) is 4.99. The van der Waals surface area contributed by atoms with Crippen molar-refractivity contribution < 1.29 is 14.7 Å². The normalized spacial score (nSPS) is 24.7. The number of nitrogens with two attached hydrogens (primary N) is 1. The summed E-state index contributed by atoms with van der Waals surface area (Å²) in [6.45, 7) is 9.83. The van der Waals surface area contributed by atoms with Gasteiger partial charge in [0.1, 0.15) is 6.04 Å². The number of anilines is 1. The summed E-state index contributed by atoms with van der Waals surface area (Å²) in [5.74, 6) is -0.937. The summed E-state index contributed by atoms with van der Waals surface area (Å²) in [5, 5.41) is 12.7. The van der Waals surface area contributed by atoms with Crippen molar-refractivity contribution in [1.82, 2.24) is 10.2 Å². The molecule has 0 saturated carbocycles. The van der Waals surface area contributed by atoms with Crippen molar-refractivity contribution in [2.24, 2.45) is 11.7 Å². The van der Waals surface area contributed by atoms with E-state index in [2.05, 4.69) is 41.1 Å². The molecule has 2 atom stereocenters. The largest absolute Gasteiger partial charge is 0.480 e. The molecule has 1 aromatic rings. The number of rotatable bonds is 5. The number of benzene rings is 1. The number of carboxylic acids is 1. The van der Waals surface area contributed by atoms with E-state index in [0.717, 1.165) is 37.9 Å². The van der Waals surface area contributed by atoms with Crippen LogP contribution in [0.2, 0.25) is 0 Å². The zero-order chi connectivity index (χ0) is 23.4. The van der Waals surface area contributed by atoms with Gasteiger partial charge in [-0.2, -0.15) is 0 Å². The average molecular weight is 433 g/mol. The highest BCUT2D eigenvalue weighted by atomic mass is 16.4. The van der Waals surface area contributed by atoms with Crippen LogP contribution in [-0.2, 0) is 16.1 Å². The SMILES string of the molecule is CC1(C)CC(C(N)=O)C(C)(C)N1.CN(C)c1ccccc1CN1CCCCC1C(=O)O. The third-order valence-electron chi connectivity index (χ3n) is 6.34. The van der Waals surface area contributed by atoms with Crippen molar-refractivity contribution >= 4 is 17.6 Å². The van der Waals surface area contributed by atoms with Crippen molar-refractivity contribution in [3.8, 4) is 0 Å². The minimum atomic E-state index is -0.693. The van der Waals surface area contributed by atoms with Crippen molar-refractivity contribution in [3.63, 3.8) is 0 Å². The van der Waals surface area contributed by atoms with Gasteiger partial charge >= 0.3 is 5.97 Å². The van der Waals surface area contributed by atoms with E-state index in [9.17, 15) is 14.7 Å². The highest BCUT2D eigenvalue weighted by Gasteiger charge is 2.46. The Labute approximate surface area is 187 Å². The molecule has 2 aliphatic heterocycles. The van der Waals surface area contributed by atoms with Crippen LogP contribution in [0.5, 0.6) is 0 Å². The summed E-state index contributed by atoms with van der Waals surface area (Å²) >= 11 is 0. The van der Waals surface area contributed by atoms with E-state index in [0.29, 0.717) is 6.54 Å². The number of nitrogens with one attached hydrogen (secondary N) is 1. The van der Waals surface area contributed by atoms with Crippen LogP contribution >= 0.6 is 0 Å². The maximum Gasteiger partial charge on any atom is 0.320 e. The molecule has 1 aromatic carbocycles. The Balaban J connectivity index is 0.000000245. The molecule has 2 aliphatic rings. The number of piperidine rings is 1. The van der Waals surface area contributed by atoms with Crippen molar-refractivity contribution in [2.45, 2.75) is 77.0 Å². The second-order valence-electron chi connectivity index (χ2n) is 10.2. The topological polar surface area (TPSA) is 98.9 Å². The van der Waals surface area contributed by atoms with Crippen LogP contribution in [0.15, 0.2) is 24.3 Å². The summed E-state index contributed by atoms with van der Waals surface area (Å²) in [5.41, 5.74) is 7.55. The van der Waals surface area contributed by atoms with Crippen molar-refractivity contribution in [2.75, 3.05) is 25.5 Å². The molecule has 31 heavy (non-hydrogen) atoms. The minimum Gasteiger partial charge on any atom is -0.480 e. The molecular weight excluding hydrogens is 392 g/mol. The highest BCUT2D eigenvalue weighted by molar-refractivity contribution is 5.78. The smallest absolute Gasteiger partial charge is 0.320 e. The molecule has 0 spiro atoms. The van der Waals surface area contributed by atoms with E-state index in [4.69, 9.17) is 5.73 Å². The molecule has 0 radical (unpaired) electrons. The second kappa shape index (κ2) is 10.0. The van der Waals surface area contributed by atoms with Gasteiger partial charge in [-0.25, -0.2) is 0 Å². The van der Waals surface area contributed by atoms with Gasteiger partial charge in [-0.1, -0.05) is 24.6 Å². The Morgan fingerprint density at radius 2 is 1.84 bits per heavy atom. The summed E-state index contributed by atoms with van der Waals surface area (Å²) in [7, 11) is 4.04. The Morgan fingerprint density at radius 3 is 2.32 bits per heavy atom. The maximum absolute atomic E-state index is 11.3. The lowest BCUT2D eigenvalue weighted by Gasteiger charge is -2.33. The van der Waals surface area contributed by atoms with Crippen molar-refractivity contribution in [1.29, 1.82) is 0 Å². The van der Waals surface area contributed by atoms with E-state index in [1.165, 1.54) is 5.56 Å². The van der Waals surface area contributed by atoms with Gasteiger partial charge in [-0.05, 0) is 65.1 Å². The zero-order valence-electron chi connectivity index (χ0n) is 19.9. The molecule has 4 N–H and O–H groups in total. The van der Waals surface area contributed by atoms with Gasteiger partial charge in [0, 0.05) is 37.4 Å². The standard InChI is InChI=1S/C15H22N2O2.C9H18N2O/c1-16(2)13-8-4-3-7-12(13)11-17-10-6-5-9-14(17)15(18)19;1-8(2)5-6(7(10)12)9(3,4)11-8/h3-4,7-8,14H,5-6,9-11H2,1-2H3,(H,18,19);6,11H,5H2,1-4H3,(H2,10,12). The zero-order valence-corrected chi connectivity index (χ0v) is 19.9. The van der Waals surface area contributed by atoms with Gasteiger partial charge in [0.15, 0.2) is 0 Å². The third kappa shape index (κ3) is 6.68. The predicted octanol–water partition coefficient (Wildman–Crippen LogP) is 2.83. The van der Waals surface area contributed by atoms with Crippen molar-refractivity contribution in [3.05, 3.63) is 29.8 Å². The van der Waals surface area contributed by atoms with Crippen LogP contribution in [0.25, 0.3) is 0 Å². The molecule has 7 heteroatoms. The number of carboxylic acid groups (broad SMARTS) is 1. The number of para-hydroxylation sites is 1. The van der Waals surface area contributed by atoms with Gasteiger partial charge in [-0.15, -0.1) is 0 Å². The number of carbonyl (C=O) groups is 2. The first-order valence-corrected chi connectivity index (χ1v) is 11.1. The van der Waals surface area contributed by atoms with Crippen LogP contribution in [-0.4, -0.2) is 59.6 Å². The van der Waals surface area contributed by atoms with E-state index in [-0.39, 0.29) is 28.9 Å². The van der Waals surface area contributed by atoms with Crippen LogP contribution in [0.4, 0.5) is 5.69 Å². The number of nitrogens with zero attached hydrogens (tertiary/aromatic N) is 2. The van der Waals surface area contributed by atoms with Gasteiger partial charge in [0.05, 0.1) is 5.92 Å². The molecule has 0 bridgehead atoms. The molecule has 1 amide bonds. The average Bonchev–Trinajstić information content (AvgIpc) is 2.90. The molecule has 2 heterocycles. The first-order chi connectivity index (χ1) is 14.3. The fraction of sp³-hybridized carbons (Fsp3) is 0.667. The summed E-state index contributed by atoms with van der Waals surface area (Å²) in [4.78, 5) is 26.6. The minimum absolute atomic E-state index is 0.0309. The molecule has 0 aromatic heterocycles. The van der Waals surface area contributed by atoms with Crippen LogP contribution in [0.1, 0.15) is 58.9 Å². The number of hydrogen-bond donors (Lipinski definition) is 3. The summed E-state index contributed by atoms with van der Waals surface area (Å²) in [6, 6.07) is 7.87. The predicted molar refractivity (Wildman–Crippen MR) is 125 cm³/mol. The van der Waals surface area contributed by atoms with E-state index < -0.39 is 5.97 Å². The lowest BCUT2D eigenvalue weighted by molar-refractivity contribution is -0.144. The van der Waals surface area contributed by atoms with E-state index >= 15 is 0 Å². The number of primary amides is 1. The lowest BCUT2D eigenvalue weighted by Crippen LogP contribution is -2.47. The first-order valence-electron chi connectivity index (χ1n) is 11.1. The fourth-order valence-electron chi connectivity index (χ4n) is 4.99. The number of hydrogen-bond acceptors (Lipinski definition) is 5. The Morgan fingerprint density at radius 1 is 1.19 bits per heavy atom. The Bertz CT molecular complexity index is 776. The van der Waals surface area contributed by atoms with Crippen LogP contribution < -0.4 is 16.0 Å². The molecule has 3 rings (SSSR count). The number of carbonyl (C=O) groups excluding carboxylic acids is 1. The molecular formula is C24H40N4O3. The maximum atomic E-state index is 11.3. The third-order valence-corrected chi connectivity index (χ3v) is 6.34. The van der Waals surface area contributed by atoms with Gasteiger partial charge in [0.2, 0.25) is 5.91 Å². The molecule has 2 fully saturated rings. The Hall–Kier alpha value is -2.12. The number of amides is 1. The highest BCUT2D eigenvalue weighted by Crippen LogP contribution is 2.35. The summed E-state index contributed by atoms with van der Waals surface area (Å²) < 4.78 is 0. The van der Waals surface area contributed by atoms with Gasteiger partial charge in [-0.3, -0.25) is 14.5 Å². The number of aliphatic carboxylic acids is 1. The Kier molecular flexibility index (Phi) is 8.11.